The summed E-state index contributed by atoms with van der Waals surface area (Å²) in [7, 11) is 0. The predicted molar refractivity (Wildman–Crippen MR) is 105 cm³/mol. The third-order valence-electron chi connectivity index (χ3n) is 4.27. The Morgan fingerprint density at radius 1 is 1.15 bits per heavy atom. The molecular formula is C21H19Cl2FO2. The van der Waals surface area contributed by atoms with Crippen LogP contribution in [0.2, 0.25) is 10.0 Å². The average Bonchev–Trinajstić information content (AvgIpc) is 2.57. The summed E-state index contributed by atoms with van der Waals surface area (Å²) in [6.07, 6.45) is 1.26. The molecule has 0 aliphatic rings. The van der Waals surface area contributed by atoms with E-state index in [0.29, 0.717) is 17.4 Å². The molecule has 0 saturated heterocycles. The van der Waals surface area contributed by atoms with Gasteiger partial charge in [0.1, 0.15) is 6.17 Å². The zero-order valence-electron chi connectivity index (χ0n) is 15.0. The van der Waals surface area contributed by atoms with Crippen molar-refractivity contribution in [3.8, 4) is 0 Å². The van der Waals surface area contributed by atoms with E-state index in [1.165, 1.54) is 19.1 Å². The standard InChI is InChI=1S/C21H19Cl2FO2/c1-11-7-16(14(4)24)8-12(2)17(11)9-13(3)21(26)19-18(22)6-5-15(10-25)20(19)23/h5-10,14H,1-4H3/b13-9+. The predicted octanol–water partition coefficient (Wildman–Crippen LogP) is 6.74. The van der Waals surface area contributed by atoms with E-state index in [-0.39, 0.29) is 27.0 Å². The van der Waals surface area contributed by atoms with E-state index in [9.17, 15) is 14.0 Å². The second kappa shape index (κ2) is 8.15. The summed E-state index contributed by atoms with van der Waals surface area (Å²) in [5.41, 5.74) is 3.93. The number of alkyl halides is 1. The summed E-state index contributed by atoms with van der Waals surface area (Å²) in [4.78, 5) is 23.9. The molecule has 0 aromatic heterocycles. The lowest BCUT2D eigenvalue weighted by atomic mass is 9.94. The van der Waals surface area contributed by atoms with E-state index in [1.807, 2.05) is 13.8 Å². The summed E-state index contributed by atoms with van der Waals surface area (Å²) < 4.78 is 13.6. The number of aryl methyl sites for hydroxylation is 2. The highest BCUT2D eigenvalue weighted by Gasteiger charge is 2.19. The first kappa shape index (κ1) is 20.3. The SMILES string of the molecule is C/C(=C\c1c(C)cc(C(C)F)cc1C)C(=O)c1c(Cl)ccc(C=O)c1Cl. The Labute approximate surface area is 162 Å². The van der Waals surface area contributed by atoms with Gasteiger partial charge in [-0.25, -0.2) is 4.39 Å². The maximum Gasteiger partial charge on any atom is 0.191 e. The lowest BCUT2D eigenvalue weighted by molar-refractivity contribution is 0.103. The monoisotopic (exact) mass is 392 g/mol. The summed E-state index contributed by atoms with van der Waals surface area (Å²) in [5.74, 6) is -0.356. The minimum absolute atomic E-state index is 0.0419. The van der Waals surface area contributed by atoms with Crippen LogP contribution in [0.25, 0.3) is 6.08 Å². The van der Waals surface area contributed by atoms with Gasteiger partial charge in [0.25, 0.3) is 0 Å². The van der Waals surface area contributed by atoms with Gasteiger partial charge in [-0.15, -0.1) is 0 Å². The van der Waals surface area contributed by atoms with Crippen molar-refractivity contribution in [3.63, 3.8) is 0 Å². The van der Waals surface area contributed by atoms with Gasteiger partial charge in [-0.3, -0.25) is 9.59 Å². The van der Waals surface area contributed by atoms with Gasteiger partial charge in [0.05, 0.1) is 15.6 Å². The van der Waals surface area contributed by atoms with Crippen LogP contribution in [-0.2, 0) is 0 Å². The first-order chi connectivity index (χ1) is 12.2. The molecule has 0 heterocycles. The number of benzene rings is 2. The van der Waals surface area contributed by atoms with Crippen molar-refractivity contribution in [2.75, 3.05) is 0 Å². The summed E-state index contributed by atoms with van der Waals surface area (Å²) in [5, 5.41) is 0.230. The molecular weight excluding hydrogens is 374 g/mol. The van der Waals surface area contributed by atoms with Crippen LogP contribution in [0, 0.1) is 13.8 Å². The number of hydrogen-bond donors (Lipinski definition) is 0. The van der Waals surface area contributed by atoms with Gasteiger partial charge >= 0.3 is 0 Å². The third kappa shape index (κ3) is 4.05. The quantitative estimate of drug-likeness (QED) is 0.320. The number of carbonyl (C=O) groups excluding carboxylic acids is 2. The number of hydrogen-bond acceptors (Lipinski definition) is 2. The van der Waals surface area contributed by atoms with Crippen molar-refractivity contribution in [1.82, 2.24) is 0 Å². The molecule has 5 heteroatoms. The van der Waals surface area contributed by atoms with E-state index in [1.54, 1.807) is 25.1 Å². The topological polar surface area (TPSA) is 34.1 Å². The van der Waals surface area contributed by atoms with E-state index < -0.39 is 6.17 Å². The van der Waals surface area contributed by atoms with Crippen LogP contribution in [0.4, 0.5) is 4.39 Å². The molecule has 2 nitrogen and oxygen atoms in total. The maximum atomic E-state index is 13.6. The highest BCUT2D eigenvalue weighted by Crippen LogP contribution is 2.31. The Kier molecular flexibility index (Phi) is 6.38. The molecule has 2 aromatic rings. The van der Waals surface area contributed by atoms with Crippen LogP contribution in [0.5, 0.6) is 0 Å². The van der Waals surface area contributed by atoms with Crippen molar-refractivity contribution in [2.24, 2.45) is 0 Å². The van der Waals surface area contributed by atoms with E-state index >= 15 is 0 Å². The van der Waals surface area contributed by atoms with Gasteiger partial charge in [-0.05, 0) is 73.7 Å². The van der Waals surface area contributed by atoms with Crippen molar-refractivity contribution < 1.29 is 14.0 Å². The fourth-order valence-corrected chi connectivity index (χ4v) is 3.40. The fraction of sp³-hybridized carbons (Fsp3) is 0.238. The largest absolute Gasteiger partial charge is 0.298 e. The Morgan fingerprint density at radius 3 is 2.23 bits per heavy atom. The molecule has 0 spiro atoms. The minimum atomic E-state index is -1.06. The van der Waals surface area contributed by atoms with Crippen LogP contribution in [-0.4, -0.2) is 12.1 Å². The van der Waals surface area contributed by atoms with Gasteiger partial charge in [-0.2, -0.15) is 0 Å². The Balaban J connectivity index is 2.52. The molecule has 0 aliphatic carbocycles. The first-order valence-corrected chi connectivity index (χ1v) is 8.84. The summed E-state index contributed by atoms with van der Waals surface area (Å²) in [6, 6.07) is 6.49. The zero-order chi connectivity index (χ0) is 19.6. The smallest absolute Gasteiger partial charge is 0.191 e. The Morgan fingerprint density at radius 2 is 1.73 bits per heavy atom. The van der Waals surface area contributed by atoms with Crippen molar-refractivity contribution >= 4 is 41.3 Å². The fourth-order valence-electron chi connectivity index (χ4n) is 2.81. The van der Waals surface area contributed by atoms with Gasteiger partial charge in [0.2, 0.25) is 0 Å². The van der Waals surface area contributed by atoms with Crippen molar-refractivity contribution in [2.45, 2.75) is 33.9 Å². The van der Waals surface area contributed by atoms with Crippen LogP contribution in [0.3, 0.4) is 0 Å². The van der Waals surface area contributed by atoms with Crippen LogP contribution >= 0.6 is 23.2 Å². The average molecular weight is 393 g/mol. The third-order valence-corrected chi connectivity index (χ3v) is 4.99. The second-order valence-corrected chi connectivity index (χ2v) is 7.07. The summed E-state index contributed by atoms with van der Waals surface area (Å²) in [6.45, 7) is 6.89. The molecule has 136 valence electrons. The molecule has 0 radical (unpaired) electrons. The minimum Gasteiger partial charge on any atom is -0.298 e. The molecule has 1 unspecified atom stereocenters. The number of allylic oxidation sites excluding steroid dienone is 1. The molecule has 0 N–H and O–H groups in total. The zero-order valence-corrected chi connectivity index (χ0v) is 16.5. The number of halogens is 3. The van der Waals surface area contributed by atoms with E-state index in [4.69, 9.17) is 23.2 Å². The second-order valence-electron chi connectivity index (χ2n) is 6.28. The van der Waals surface area contributed by atoms with Crippen molar-refractivity contribution in [1.29, 1.82) is 0 Å². The van der Waals surface area contributed by atoms with E-state index in [2.05, 4.69) is 0 Å². The molecule has 0 saturated carbocycles. The van der Waals surface area contributed by atoms with Gasteiger partial charge < -0.3 is 0 Å². The molecule has 0 amide bonds. The van der Waals surface area contributed by atoms with Gasteiger partial charge in [0, 0.05) is 5.56 Å². The lowest BCUT2D eigenvalue weighted by Crippen LogP contribution is -2.05. The molecule has 0 aliphatic heterocycles. The maximum absolute atomic E-state index is 13.6. The lowest BCUT2D eigenvalue weighted by Gasteiger charge is -2.12. The molecule has 1 atom stereocenters. The highest BCUT2D eigenvalue weighted by molar-refractivity contribution is 6.42. The van der Waals surface area contributed by atoms with Crippen molar-refractivity contribution in [3.05, 3.63) is 73.3 Å². The van der Waals surface area contributed by atoms with Gasteiger partial charge in [-0.1, -0.05) is 35.3 Å². The molecule has 0 bridgehead atoms. The van der Waals surface area contributed by atoms with Crippen LogP contribution in [0.1, 0.15) is 63.0 Å². The Bertz CT molecular complexity index is 891. The number of carbonyl (C=O) groups is 2. The number of rotatable bonds is 5. The molecule has 26 heavy (non-hydrogen) atoms. The van der Waals surface area contributed by atoms with Crippen LogP contribution < -0.4 is 0 Å². The Hall–Kier alpha value is -1.97. The molecule has 0 fully saturated rings. The summed E-state index contributed by atoms with van der Waals surface area (Å²) >= 11 is 12.3. The number of ketones is 1. The van der Waals surface area contributed by atoms with Gasteiger partial charge in [0.15, 0.2) is 12.1 Å². The molecule has 2 aromatic carbocycles. The van der Waals surface area contributed by atoms with E-state index in [0.717, 1.165) is 16.7 Å². The first-order valence-electron chi connectivity index (χ1n) is 8.08. The number of aldehydes is 1. The normalized spacial score (nSPS) is 12.8. The molecule has 2 rings (SSSR count). The van der Waals surface area contributed by atoms with Crippen LogP contribution in [0.15, 0.2) is 29.8 Å². The number of Topliss-reactive ketones (excluding diaryl/α,β-unsaturated/α-hetero) is 1. The highest BCUT2D eigenvalue weighted by atomic mass is 35.5.